The minimum Gasteiger partial charge on any atom is -0.454 e. The number of allylic oxidation sites excluding steroid dienone is 2. The molecule has 0 spiro atoms. The topological polar surface area (TPSA) is 45.2 Å². The number of nitrogens with zero attached hydrogens (tertiary/aromatic N) is 2. The Bertz CT molecular complexity index is 676. The minimum atomic E-state index is 0.166. The first-order valence-electron chi connectivity index (χ1n) is 9.89. The molecule has 0 amide bonds. The average Bonchev–Trinajstić information content (AvgIpc) is 3.15. The van der Waals surface area contributed by atoms with Crippen molar-refractivity contribution < 1.29 is 14.6 Å². The third-order valence-electron chi connectivity index (χ3n) is 5.29. The maximum atomic E-state index is 9.02. The van der Waals surface area contributed by atoms with Crippen LogP contribution in [0.3, 0.4) is 0 Å². The Hall–Kier alpha value is -1.82. The highest BCUT2D eigenvalue weighted by atomic mass is 16.7. The van der Waals surface area contributed by atoms with Crippen LogP contribution >= 0.6 is 0 Å². The summed E-state index contributed by atoms with van der Waals surface area (Å²) >= 11 is 0. The number of hydrogen-bond donors (Lipinski definition) is 1. The molecule has 0 bridgehead atoms. The first kappa shape index (κ1) is 19.9. The van der Waals surface area contributed by atoms with Crippen LogP contribution < -0.4 is 9.47 Å². The van der Waals surface area contributed by atoms with Gasteiger partial charge in [-0.3, -0.25) is 9.80 Å². The molecule has 5 heteroatoms. The monoisotopic (exact) mass is 372 g/mol. The van der Waals surface area contributed by atoms with E-state index in [2.05, 4.69) is 41.0 Å². The van der Waals surface area contributed by atoms with Crippen LogP contribution in [0.25, 0.3) is 0 Å². The second-order valence-electron chi connectivity index (χ2n) is 7.56. The van der Waals surface area contributed by atoms with Gasteiger partial charge in [0.1, 0.15) is 0 Å². The number of benzene rings is 1. The zero-order valence-electron chi connectivity index (χ0n) is 16.6. The summed E-state index contributed by atoms with van der Waals surface area (Å²) in [6.07, 6.45) is 6.57. The molecule has 27 heavy (non-hydrogen) atoms. The van der Waals surface area contributed by atoms with E-state index in [1.807, 2.05) is 13.0 Å². The van der Waals surface area contributed by atoms with Gasteiger partial charge in [0.25, 0.3) is 0 Å². The Morgan fingerprint density at radius 1 is 1.00 bits per heavy atom. The molecule has 2 aliphatic rings. The van der Waals surface area contributed by atoms with E-state index in [0.29, 0.717) is 6.79 Å². The third kappa shape index (κ3) is 6.09. The van der Waals surface area contributed by atoms with Crippen LogP contribution in [0.2, 0.25) is 0 Å². The molecule has 1 N–H and O–H groups in total. The van der Waals surface area contributed by atoms with Crippen molar-refractivity contribution in [2.75, 3.05) is 46.1 Å². The van der Waals surface area contributed by atoms with Crippen LogP contribution in [0.4, 0.5) is 0 Å². The summed E-state index contributed by atoms with van der Waals surface area (Å²) in [5.74, 6) is 1.73. The number of aliphatic hydroxyl groups excluding tert-OH is 1. The summed E-state index contributed by atoms with van der Waals surface area (Å²) in [5.41, 5.74) is 3.77. The number of fused-ring (bicyclic) bond motifs is 1. The van der Waals surface area contributed by atoms with Gasteiger partial charge in [-0.15, -0.1) is 0 Å². The second-order valence-corrected chi connectivity index (χ2v) is 7.56. The molecule has 0 aromatic heterocycles. The summed E-state index contributed by atoms with van der Waals surface area (Å²) in [4.78, 5) is 5.03. The molecule has 0 aliphatic carbocycles. The fourth-order valence-electron chi connectivity index (χ4n) is 3.43. The Morgan fingerprint density at radius 3 is 2.52 bits per heavy atom. The van der Waals surface area contributed by atoms with E-state index in [9.17, 15) is 0 Å². The number of piperazine rings is 1. The Kier molecular flexibility index (Phi) is 7.33. The molecule has 1 aromatic carbocycles. The van der Waals surface area contributed by atoms with Crippen LogP contribution in [0.15, 0.2) is 41.5 Å². The van der Waals surface area contributed by atoms with E-state index in [4.69, 9.17) is 14.6 Å². The van der Waals surface area contributed by atoms with Crippen LogP contribution in [-0.2, 0) is 6.54 Å². The van der Waals surface area contributed by atoms with Gasteiger partial charge < -0.3 is 14.6 Å². The third-order valence-corrected chi connectivity index (χ3v) is 5.29. The molecular formula is C22H32N2O3. The van der Waals surface area contributed by atoms with Crippen molar-refractivity contribution in [3.05, 3.63) is 47.1 Å². The SMILES string of the molecule is C/C(=C\CC/C(C)=C/CN1CCN(Cc2ccc3c(c2)OCO3)CC1)CO. The highest BCUT2D eigenvalue weighted by Gasteiger charge is 2.18. The lowest BCUT2D eigenvalue weighted by molar-refractivity contribution is 0.136. The molecule has 5 nitrogen and oxygen atoms in total. The lowest BCUT2D eigenvalue weighted by Gasteiger charge is -2.34. The Morgan fingerprint density at radius 2 is 1.74 bits per heavy atom. The van der Waals surface area contributed by atoms with Gasteiger partial charge in [0.2, 0.25) is 6.79 Å². The second kappa shape index (κ2) is 9.93. The maximum Gasteiger partial charge on any atom is 0.231 e. The van der Waals surface area contributed by atoms with E-state index in [0.717, 1.165) is 69.2 Å². The summed E-state index contributed by atoms with van der Waals surface area (Å²) < 4.78 is 10.9. The first-order chi connectivity index (χ1) is 13.1. The standard InChI is InChI=1S/C22H32N2O3/c1-18(4-3-5-19(2)16-25)8-9-23-10-12-24(13-11-23)15-20-6-7-21-22(14-20)27-17-26-21/h5-8,14,25H,3-4,9-13,15-17H2,1-2H3/b18-8+,19-5+. The van der Waals surface area contributed by atoms with Gasteiger partial charge in [0.15, 0.2) is 11.5 Å². The summed E-state index contributed by atoms with van der Waals surface area (Å²) in [6.45, 7) is 11.1. The van der Waals surface area contributed by atoms with Crippen molar-refractivity contribution in [3.8, 4) is 11.5 Å². The molecule has 0 radical (unpaired) electrons. The van der Waals surface area contributed by atoms with Gasteiger partial charge >= 0.3 is 0 Å². The smallest absolute Gasteiger partial charge is 0.231 e. The molecule has 2 heterocycles. The van der Waals surface area contributed by atoms with Gasteiger partial charge in [-0.2, -0.15) is 0 Å². The molecule has 148 valence electrons. The Balaban J connectivity index is 1.38. The quantitative estimate of drug-likeness (QED) is 0.710. The fourth-order valence-corrected chi connectivity index (χ4v) is 3.43. The largest absolute Gasteiger partial charge is 0.454 e. The van der Waals surface area contributed by atoms with E-state index in [1.165, 1.54) is 11.1 Å². The summed E-state index contributed by atoms with van der Waals surface area (Å²) in [6, 6.07) is 6.26. The zero-order chi connectivity index (χ0) is 19.1. The van der Waals surface area contributed by atoms with Crippen molar-refractivity contribution in [3.63, 3.8) is 0 Å². The van der Waals surface area contributed by atoms with E-state index < -0.39 is 0 Å². The van der Waals surface area contributed by atoms with Crippen molar-refractivity contribution in [2.24, 2.45) is 0 Å². The van der Waals surface area contributed by atoms with E-state index in [-0.39, 0.29) is 6.61 Å². The summed E-state index contributed by atoms with van der Waals surface area (Å²) in [7, 11) is 0. The van der Waals surface area contributed by atoms with Crippen LogP contribution in [-0.4, -0.2) is 61.0 Å². The molecule has 3 rings (SSSR count). The van der Waals surface area contributed by atoms with Crippen molar-refractivity contribution in [1.82, 2.24) is 9.80 Å². The highest BCUT2D eigenvalue weighted by molar-refractivity contribution is 5.44. The molecule has 0 unspecified atom stereocenters. The van der Waals surface area contributed by atoms with Crippen LogP contribution in [0.5, 0.6) is 11.5 Å². The van der Waals surface area contributed by atoms with Crippen LogP contribution in [0.1, 0.15) is 32.3 Å². The summed E-state index contributed by atoms with van der Waals surface area (Å²) in [5, 5.41) is 9.02. The molecule has 1 aromatic rings. The predicted molar refractivity (Wildman–Crippen MR) is 108 cm³/mol. The number of aliphatic hydroxyl groups is 1. The predicted octanol–water partition coefficient (Wildman–Crippen LogP) is 3.20. The lowest BCUT2D eigenvalue weighted by Crippen LogP contribution is -2.45. The van der Waals surface area contributed by atoms with Crippen LogP contribution in [0, 0.1) is 0 Å². The van der Waals surface area contributed by atoms with Crippen molar-refractivity contribution in [1.29, 1.82) is 0 Å². The van der Waals surface area contributed by atoms with Gasteiger partial charge in [-0.25, -0.2) is 0 Å². The van der Waals surface area contributed by atoms with Gasteiger partial charge in [-0.05, 0) is 44.4 Å². The number of rotatable bonds is 8. The fraction of sp³-hybridized carbons (Fsp3) is 0.545. The molecular weight excluding hydrogens is 340 g/mol. The first-order valence-corrected chi connectivity index (χ1v) is 9.89. The molecule has 0 saturated carbocycles. The van der Waals surface area contributed by atoms with Crippen molar-refractivity contribution in [2.45, 2.75) is 33.2 Å². The average molecular weight is 373 g/mol. The molecule has 1 fully saturated rings. The highest BCUT2D eigenvalue weighted by Crippen LogP contribution is 2.32. The van der Waals surface area contributed by atoms with E-state index in [1.54, 1.807) is 0 Å². The van der Waals surface area contributed by atoms with Gasteiger partial charge in [-0.1, -0.05) is 29.4 Å². The normalized spacial score (nSPS) is 18.9. The maximum absolute atomic E-state index is 9.02. The van der Waals surface area contributed by atoms with E-state index >= 15 is 0 Å². The lowest BCUT2D eigenvalue weighted by atomic mass is 10.1. The minimum absolute atomic E-state index is 0.166. The zero-order valence-corrected chi connectivity index (χ0v) is 16.6. The molecule has 2 aliphatic heterocycles. The van der Waals surface area contributed by atoms with Crippen molar-refractivity contribution >= 4 is 0 Å². The Labute approximate surface area is 162 Å². The van der Waals surface area contributed by atoms with Gasteiger partial charge in [0, 0.05) is 39.3 Å². The molecule has 0 atom stereocenters. The van der Waals surface area contributed by atoms with Gasteiger partial charge in [0.05, 0.1) is 6.61 Å². The molecule has 1 saturated heterocycles. The number of hydrogen-bond acceptors (Lipinski definition) is 5. The number of ether oxygens (including phenoxy) is 2.